The zero-order valence-corrected chi connectivity index (χ0v) is 26.5. The molecule has 1 aromatic carbocycles. The molecule has 10 nitrogen and oxygen atoms in total. The Morgan fingerprint density at radius 3 is 1.50 bits per heavy atom. The smallest absolute Gasteiger partial charge is 0.243 e. The predicted molar refractivity (Wildman–Crippen MR) is 163 cm³/mol. The topological polar surface area (TPSA) is 146 Å². The molecular formula is C32H51N5O5. The Labute approximate surface area is 250 Å². The van der Waals surface area contributed by atoms with Gasteiger partial charge in [-0.1, -0.05) is 92.1 Å². The van der Waals surface area contributed by atoms with Gasteiger partial charge in [0.25, 0.3) is 0 Å². The van der Waals surface area contributed by atoms with Gasteiger partial charge < -0.3 is 26.6 Å². The van der Waals surface area contributed by atoms with Crippen molar-refractivity contribution < 1.29 is 24.0 Å². The number of benzene rings is 1. The maximum atomic E-state index is 13.7. The van der Waals surface area contributed by atoms with Gasteiger partial charge in [0.15, 0.2) is 0 Å². The van der Waals surface area contributed by atoms with E-state index in [1.165, 1.54) is 0 Å². The van der Waals surface area contributed by atoms with Gasteiger partial charge in [0.05, 0.1) is 0 Å². The van der Waals surface area contributed by atoms with E-state index in [0.29, 0.717) is 19.3 Å². The summed E-state index contributed by atoms with van der Waals surface area (Å²) in [6, 6.07) is 4.59. The van der Waals surface area contributed by atoms with Crippen LogP contribution in [0.25, 0.3) is 0 Å². The van der Waals surface area contributed by atoms with Crippen LogP contribution in [0.15, 0.2) is 30.3 Å². The molecule has 5 amide bonds. The molecule has 1 fully saturated rings. The molecule has 234 valence electrons. The Morgan fingerprint density at radius 2 is 1.00 bits per heavy atom. The van der Waals surface area contributed by atoms with Gasteiger partial charge in [0, 0.05) is 6.42 Å². The molecule has 0 aliphatic carbocycles. The third-order valence-corrected chi connectivity index (χ3v) is 7.64. The van der Waals surface area contributed by atoms with Crippen molar-refractivity contribution in [3.8, 4) is 0 Å². The van der Waals surface area contributed by atoms with Crippen LogP contribution in [-0.4, -0.2) is 59.7 Å². The predicted octanol–water partition coefficient (Wildman–Crippen LogP) is 2.46. The highest BCUT2D eigenvalue weighted by atomic mass is 16.2. The summed E-state index contributed by atoms with van der Waals surface area (Å²) in [5, 5.41) is 14.2. The average molecular weight is 586 g/mol. The van der Waals surface area contributed by atoms with Crippen LogP contribution in [0.2, 0.25) is 0 Å². The minimum Gasteiger partial charge on any atom is -0.343 e. The number of carbonyl (C=O) groups excluding carboxylic acids is 5. The summed E-state index contributed by atoms with van der Waals surface area (Å²) in [5.74, 6) is -2.89. The molecule has 0 aromatic heterocycles. The Balaban J connectivity index is 2.60. The number of amides is 5. The lowest BCUT2D eigenvalue weighted by Crippen LogP contribution is -2.60. The van der Waals surface area contributed by atoms with Crippen molar-refractivity contribution in [2.45, 2.75) is 111 Å². The zero-order chi connectivity index (χ0) is 31.6. The van der Waals surface area contributed by atoms with E-state index in [4.69, 9.17) is 0 Å². The lowest BCUT2D eigenvalue weighted by molar-refractivity contribution is -0.135. The number of hydrogen-bond acceptors (Lipinski definition) is 5. The Morgan fingerprint density at radius 1 is 0.571 bits per heavy atom. The lowest BCUT2D eigenvalue weighted by atomic mass is 9.95. The summed E-state index contributed by atoms with van der Waals surface area (Å²) in [7, 11) is 0. The first-order valence-corrected chi connectivity index (χ1v) is 15.3. The normalized spacial score (nSPS) is 25.6. The Kier molecular flexibility index (Phi) is 13.5. The van der Waals surface area contributed by atoms with Gasteiger partial charge in [0.1, 0.15) is 30.2 Å². The van der Waals surface area contributed by atoms with E-state index in [-0.39, 0.29) is 30.1 Å². The van der Waals surface area contributed by atoms with Crippen LogP contribution in [0, 0.1) is 23.7 Å². The molecule has 0 radical (unpaired) electrons. The minimum atomic E-state index is -1.000. The summed E-state index contributed by atoms with van der Waals surface area (Å²) in [4.78, 5) is 68.1. The van der Waals surface area contributed by atoms with Crippen LogP contribution in [0.1, 0.15) is 80.2 Å². The van der Waals surface area contributed by atoms with Gasteiger partial charge in [-0.05, 0) is 42.1 Å². The van der Waals surface area contributed by atoms with Crippen molar-refractivity contribution in [1.82, 2.24) is 26.6 Å². The molecule has 6 atom stereocenters. The molecule has 0 bridgehead atoms. The Hall–Kier alpha value is -3.43. The van der Waals surface area contributed by atoms with E-state index in [1.54, 1.807) is 13.8 Å². The fourth-order valence-corrected chi connectivity index (χ4v) is 5.00. The quantitative estimate of drug-likeness (QED) is 0.302. The fraction of sp³-hybridized carbons (Fsp3) is 0.656. The van der Waals surface area contributed by atoms with Gasteiger partial charge in [0.2, 0.25) is 29.5 Å². The van der Waals surface area contributed by atoms with Gasteiger partial charge in [-0.2, -0.15) is 0 Å². The molecular weight excluding hydrogens is 534 g/mol. The fourth-order valence-electron chi connectivity index (χ4n) is 5.00. The van der Waals surface area contributed by atoms with Gasteiger partial charge >= 0.3 is 0 Å². The summed E-state index contributed by atoms with van der Waals surface area (Å²) in [5.41, 5.74) is 0.828. The molecule has 1 saturated heterocycles. The average Bonchev–Trinajstić information content (AvgIpc) is 2.92. The van der Waals surface area contributed by atoms with Gasteiger partial charge in [-0.25, -0.2) is 0 Å². The molecule has 42 heavy (non-hydrogen) atoms. The van der Waals surface area contributed by atoms with Crippen LogP contribution < -0.4 is 26.6 Å². The SMILES string of the molecule is CC[C@H](C)[C@@H]1NC(=O)[C@@H](Cc2ccccc2)NC(=O)[C@H](C(C)C)NC(=O)[C@@H](CC(C)C)NC(=O)[C@@H](CC(C)C)NC1=O. The largest absolute Gasteiger partial charge is 0.343 e. The van der Waals surface area contributed by atoms with Gasteiger partial charge in [-0.3, -0.25) is 24.0 Å². The zero-order valence-electron chi connectivity index (χ0n) is 26.5. The molecule has 0 unspecified atom stereocenters. The maximum Gasteiger partial charge on any atom is 0.243 e. The van der Waals surface area contributed by atoms with Crippen LogP contribution in [0.3, 0.4) is 0 Å². The number of carbonyl (C=O) groups is 5. The first kappa shape index (κ1) is 34.8. The molecule has 1 heterocycles. The van der Waals surface area contributed by atoms with Crippen LogP contribution in [0.5, 0.6) is 0 Å². The van der Waals surface area contributed by atoms with Crippen molar-refractivity contribution in [1.29, 1.82) is 0 Å². The second-order valence-corrected chi connectivity index (χ2v) is 12.7. The summed E-state index contributed by atoms with van der Waals surface area (Å²) < 4.78 is 0. The van der Waals surface area contributed by atoms with Crippen molar-refractivity contribution in [3.63, 3.8) is 0 Å². The summed E-state index contributed by atoms with van der Waals surface area (Å²) in [6.07, 6.45) is 1.48. The second-order valence-electron chi connectivity index (χ2n) is 12.7. The Bertz CT molecular complexity index is 1070. The highest BCUT2D eigenvalue weighted by molar-refractivity contribution is 5.98. The molecule has 1 aliphatic heterocycles. The van der Waals surface area contributed by atoms with E-state index in [1.807, 2.05) is 71.9 Å². The molecule has 1 aromatic rings. The highest BCUT2D eigenvalue weighted by Gasteiger charge is 2.36. The van der Waals surface area contributed by atoms with E-state index in [0.717, 1.165) is 5.56 Å². The molecule has 1 aliphatic rings. The summed E-state index contributed by atoms with van der Waals surface area (Å²) >= 11 is 0. The molecule has 2 rings (SSSR count). The standard InChI is InChI=1S/C32H51N5O5/c1-9-21(8)27-32(42)34-23(15-18(2)3)28(38)33-24(16-19(4)5)29(39)36-26(20(6)7)31(41)35-25(30(40)37-27)17-22-13-11-10-12-14-22/h10-14,18-21,23-27H,9,15-17H2,1-8H3,(H,33,38)(H,34,42)(H,35,41)(H,36,39)(H,37,40)/t21-,23+,24+,25+,26-,27-/m0/s1. The first-order valence-electron chi connectivity index (χ1n) is 15.3. The number of hydrogen-bond donors (Lipinski definition) is 5. The van der Waals surface area contributed by atoms with E-state index in [9.17, 15) is 24.0 Å². The monoisotopic (exact) mass is 585 g/mol. The molecule has 0 saturated carbocycles. The van der Waals surface area contributed by atoms with Crippen molar-refractivity contribution >= 4 is 29.5 Å². The van der Waals surface area contributed by atoms with Gasteiger partial charge in [-0.15, -0.1) is 0 Å². The third-order valence-electron chi connectivity index (χ3n) is 7.64. The lowest BCUT2D eigenvalue weighted by Gasteiger charge is -2.29. The molecule has 0 spiro atoms. The number of rotatable bonds is 9. The van der Waals surface area contributed by atoms with Crippen LogP contribution >= 0.6 is 0 Å². The van der Waals surface area contributed by atoms with Crippen LogP contribution in [-0.2, 0) is 30.4 Å². The highest BCUT2D eigenvalue weighted by Crippen LogP contribution is 2.15. The third kappa shape index (κ3) is 10.4. The van der Waals surface area contributed by atoms with E-state index >= 15 is 0 Å². The number of nitrogens with one attached hydrogen (secondary N) is 5. The van der Waals surface area contributed by atoms with Crippen molar-refractivity contribution in [3.05, 3.63) is 35.9 Å². The molecule has 5 N–H and O–H groups in total. The van der Waals surface area contributed by atoms with Crippen LogP contribution in [0.4, 0.5) is 0 Å². The second kappa shape index (κ2) is 16.3. The van der Waals surface area contributed by atoms with Crippen molar-refractivity contribution in [2.75, 3.05) is 0 Å². The first-order chi connectivity index (χ1) is 19.7. The van der Waals surface area contributed by atoms with E-state index in [2.05, 4.69) is 26.6 Å². The van der Waals surface area contributed by atoms with E-state index < -0.39 is 59.7 Å². The van der Waals surface area contributed by atoms with Crippen molar-refractivity contribution in [2.24, 2.45) is 23.7 Å². The minimum absolute atomic E-state index is 0.0689. The summed E-state index contributed by atoms with van der Waals surface area (Å²) in [6.45, 7) is 15.2. The molecule has 10 heteroatoms. The maximum absolute atomic E-state index is 13.7.